The van der Waals surface area contributed by atoms with E-state index >= 15 is 0 Å². The van der Waals surface area contributed by atoms with E-state index in [2.05, 4.69) is 5.32 Å². The van der Waals surface area contributed by atoms with Crippen LogP contribution >= 0.6 is 0 Å². The summed E-state index contributed by atoms with van der Waals surface area (Å²) in [6.45, 7) is 2.03. The van der Waals surface area contributed by atoms with Gasteiger partial charge in [0.25, 0.3) is 0 Å². The van der Waals surface area contributed by atoms with Crippen LogP contribution in [0.3, 0.4) is 0 Å². The number of carbonyl (C=O) groups is 1. The third-order valence-electron chi connectivity index (χ3n) is 3.50. The lowest BCUT2D eigenvalue weighted by Crippen LogP contribution is -2.45. The lowest BCUT2D eigenvalue weighted by molar-refractivity contribution is -0.123. The van der Waals surface area contributed by atoms with Crippen molar-refractivity contribution in [2.45, 2.75) is 44.7 Å². The molecule has 2 atom stereocenters. The normalized spacial score (nSPS) is 17.8. The molecule has 0 aromatic heterocycles. The molecule has 1 aromatic rings. The van der Waals surface area contributed by atoms with Gasteiger partial charge < -0.3 is 16.2 Å². The number of rotatable bonds is 6. The van der Waals surface area contributed by atoms with Crippen LogP contribution in [0.4, 0.5) is 0 Å². The number of benzene rings is 1. The summed E-state index contributed by atoms with van der Waals surface area (Å²) in [4.78, 5) is 11.9. The van der Waals surface area contributed by atoms with E-state index in [-0.39, 0.29) is 17.7 Å². The molecule has 0 aliphatic heterocycles. The van der Waals surface area contributed by atoms with Gasteiger partial charge in [-0.25, -0.2) is 0 Å². The standard InChI is InChI=1S/C15H22N2O2/c1-10(8-11-2-3-11)17-15(19)14(16)9-12-4-6-13(18)7-5-12/h4-7,10-11,14,18H,2-3,8-9,16H2,1H3,(H,17,19)/t10?,14-/m1/s1. The van der Waals surface area contributed by atoms with Crippen LogP contribution in [-0.2, 0) is 11.2 Å². The highest BCUT2D eigenvalue weighted by Crippen LogP contribution is 2.33. The fraction of sp³-hybridized carbons (Fsp3) is 0.533. The Labute approximate surface area is 114 Å². The van der Waals surface area contributed by atoms with E-state index in [1.165, 1.54) is 12.8 Å². The molecule has 2 rings (SSSR count). The predicted octanol–water partition coefficient (Wildman–Crippen LogP) is 1.57. The highest BCUT2D eigenvalue weighted by molar-refractivity contribution is 5.82. The minimum absolute atomic E-state index is 0.0961. The molecular weight excluding hydrogens is 240 g/mol. The lowest BCUT2D eigenvalue weighted by atomic mass is 10.0. The van der Waals surface area contributed by atoms with Gasteiger partial charge in [0, 0.05) is 6.04 Å². The molecule has 4 heteroatoms. The molecule has 0 bridgehead atoms. The molecule has 0 spiro atoms. The molecule has 1 aliphatic rings. The summed E-state index contributed by atoms with van der Waals surface area (Å²) < 4.78 is 0. The first-order valence-electron chi connectivity index (χ1n) is 6.88. The maximum absolute atomic E-state index is 11.9. The molecule has 4 N–H and O–H groups in total. The second-order valence-corrected chi connectivity index (χ2v) is 5.57. The van der Waals surface area contributed by atoms with Gasteiger partial charge >= 0.3 is 0 Å². The molecule has 1 aromatic carbocycles. The van der Waals surface area contributed by atoms with Gasteiger partial charge in [-0.05, 0) is 43.4 Å². The van der Waals surface area contributed by atoms with Crippen LogP contribution in [0.1, 0.15) is 31.7 Å². The third kappa shape index (κ3) is 4.56. The van der Waals surface area contributed by atoms with Crippen LogP contribution in [0.15, 0.2) is 24.3 Å². The van der Waals surface area contributed by atoms with Gasteiger partial charge in [-0.2, -0.15) is 0 Å². The number of phenolic OH excluding ortho intramolecular Hbond substituents is 1. The minimum atomic E-state index is -0.536. The zero-order chi connectivity index (χ0) is 13.8. The Morgan fingerprint density at radius 2 is 2.05 bits per heavy atom. The van der Waals surface area contributed by atoms with Gasteiger partial charge in [-0.1, -0.05) is 25.0 Å². The molecule has 4 nitrogen and oxygen atoms in total. The van der Waals surface area contributed by atoms with E-state index in [4.69, 9.17) is 5.73 Å². The average Bonchev–Trinajstić information content (AvgIpc) is 3.15. The number of amides is 1. The molecule has 104 valence electrons. The second-order valence-electron chi connectivity index (χ2n) is 5.57. The first kappa shape index (κ1) is 13.9. The number of aromatic hydroxyl groups is 1. The highest BCUT2D eigenvalue weighted by atomic mass is 16.3. The number of nitrogens with two attached hydrogens (primary N) is 1. The van der Waals surface area contributed by atoms with Crippen LogP contribution < -0.4 is 11.1 Å². The van der Waals surface area contributed by atoms with Crippen LogP contribution in [-0.4, -0.2) is 23.1 Å². The van der Waals surface area contributed by atoms with E-state index in [9.17, 15) is 9.90 Å². The largest absolute Gasteiger partial charge is 0.508 e. The Kier molecular flexibility index (Phi) is 4.43. The topological polar surface area (TPSA) is 75.4 Å². The van der Waals surface area contributed by atoms with Gasteiger partial charge in [0.05, 0.1) is 6.04 Å². The summed E-state index contributed by atoms with van der Waals surface area (Å²) in [5, 5.41) is 12.2. The molecule has 19 heavy (non-hydrogen) atoms. The average molecular weight is 262 g/mol. The predicted molar refractivity (Wildman–Crippen MR) is 74.7 cm³/mol. The summed E-state index contributed by atoms with van der Waals surface area (Å²) in [5.41, 5.74) is 6.86. The molecule has 0 saturated heterocycles. The smallest absolute Gasteiger partial charge is 0.237 e. The summed E-state index contributed by atoms with van der Waals surface area (Å²) >= 11 is 0. The summed E-state index contributed by atoms with van der Waals surface area (Å²) in [6, 6.07) is 6.45. The van der Waals surface area contributed by atoms with Crippen molar-refractivity contribution in [1.82, 2.24) is 5.32 Å². The van der Waals surface area contributed by atoms with Crippen LogP contribution in [0.5, 0.6) is 5.75 Å². The molecule has 1 saturated carbocycles. The van der Waals surface area contributed by atoms with Crippen LogP contribution in [0, 0.1) is 5.92 Å². The Morgan fingerprint density at radius 3 is 2.63 bits per heavy atom. The van der Waals surface area contributed by atoms with Crippen molar-refractivity contribution in [3.8, 4) is 5.75 Å². The van der Waals surface area contributed by atoms with Crippen molar-refractivity contribution in [3.63, 3.8) is 0 Å². The fourth-order valence-electron chi connectivity index (χ4n) is 2.24. The van der Waals surface area contributed by atoms with Crippen molar-refractivity contribution in [2.24, 2.45) is 11.7 Å². The van der Waals surface area contributed by atoms with E-state index in [0.29, 0.717) is 6.42 Å². The minimum Gasteiger partial charge on any atom is -0.508 e. The maximum atomic E-state index is 11.9. The number of hydrogen-bond donors (Lipinski definition) is 3. The van der Waals surface area contributed by atoms with E-state index < -0.39 is 6.04 Å². The molecule has 0 radical (unpaired) electrons. The summed E-state index contributed by atoms with van der Waals surface area (Å²) in [6.07, 6.45) is 4.12. The highest BCUT2D eigenvalue weighted by Gasteiger charge is 2.25. The Bertz CT molecular complexity index is 426. The van der Waals surface area contributed by atoms with Crippen molar-refractivity contribution < 1.29 is 9.90 Å². The van der Waals surface area contributed by atoms with Gasteiger partial charge in [0.15, 0.2) is 0 Å². The third-order valence-corrected chi connectivity index (χ3v) is 3.50. The van der Waals surface area contributed by atoms with Crippen molar-refractivity contribution >= 4 is 5.91 Å². The lowest BCUT2D eigenvalue weighted by Gasteiger charge is -2.17. The Hall–Kier alpha value is -1.55. The zero-order valence-electron chi connectivity index (χ0n) is 11.3. The van der Waals surface area contributed by atoms with Gasteiger partial charge in [0.1, 0.15) is 5.75 Å². The van der Waals surface area contributed by atoms with Crippen molar-refractivity contribution in [2.75, 3.05) is 0 Å². The van der Waals surface area contributed by atoms with E-state index in [1.54, 1.807) is 24.3 Å². The van der Waals surface area contributed by atoms with Crippen molar-refractivity contribution in [1.29, 1.82) is 0 Å². The Balaban J connectivity index is 1.79. The molecular formula is C15H22N2O2. The first-order chi connectivity index (χ1) is 9.04. The molecule has 1 unspecified atom stereocenters. The second kappa shape index (κ2) is 6.06. The maximum Gasteiger partial charge on any atom is 0.237 e. The van der Waals surface area contributed by atoms with Crippen LogP contribution in [0.25, 0.3) is 0 Å². The monoisotopic (exact) mass is 262 g/mol. The number of phenols is 1. The zero-order valence-corrected chi connectivity index (χ0v) is 11.3. The fourth-order valence-corrected chi connectivity index (χ4v) is 2.24. The number of hydrogen-bond acceptors (Lipinski definition) is 3. The molecule has 0 heterocycles. The van der Waals surface area contributed by atoms with E-state index in [0.717, 1.165) is 17.9 Å². The SMILES string of the molecule is CC(CC1CC1)NC(=O)[C@H](N)Cc1ccc(O)cc1. The molecule has 1 aliphatic carbocycles. The first-order valence-corrected chi connectivity index (χ1v) is 6.88. The van der Waals surface area contributed by atoms with Gasteiger partial charge in [0.2, 0.25) is 5.91 Å². The van der Waals surface area contributed by atoms with Gasteiger partial charge in [-0.15, -0.1) is 0 Å². The van der Waals surface area contributed by atoms with Crippen molar-refractivity contribution in [3.05, 3.63) is 29.8 Å². The van der Waals surface area contributed by atoms with Crippen LogP contribution in [0.2, 0.25) is 0 Å². The van der Waals surface area contributed by atoms with Gasteiger partial charge in [-0.3, -0.25) is 4.79 Å². The summed E-state index contributed by atoms with van der Waals surface area (Å²) in [5.74, 6) is 0.921. The molecule has 1 amide bonds. The Morgan fingerprint density at radius 1 is 1.42 bits per heavy atom. The van der Waals surface area contributed by atoms with E-state index in [1.807, 2.05) is 6.92 Å². The number of carbonyl (C=O) groups excluding carboxylic acids is 1. The number of nitrogens with one attached hydrogen (secondary N) is 1. The molecule has 1 fully saturated rings. The quantitative estimate of drug-likeness (QED) is 0.728. The summed E-state index contributed by atoms with van der Waals surface area (Å²) in [7, 11) is 0.